The number of aromatic nitrogens is 1. The minimum Gasteiger partial charge on any atom is -0.464 e. The van der Waals surface area contributed by atoms with Crippen LogP contribution >= 0.6 is 15.9 Å². The van der Waals surface area contributed by atoms with Crippen molar-refractivity contribution in [2.24, 2.45) is 5.84 Å². The second-order valence-corrected chi connectivity index (χ2v) is 5.63. The number of benzene rings is 1. The Labute approximate surface area is 129 Å². The van der Waals surface area contributed by atoms with E-state index in [-0.39, 0.29) is 5.91 Å². The van der Waals surface area contributed by atoms with Gasteiger partial charge in [0.2, 0.25) is 0 Å². The lowest BCUT2D eigenvalue weighted by Crippen LogP contribution is -2.30. The molecule has 0 aliphatic carbocycles. The van der Waals surface area contributed by atoms with Crippen molar-refractivity contribution in [3.05, 3.63) is 58.1 Å². The van der Waals surface area contributed by atoms with Crippen LogP contribution in [-0.4, -0.2) is 10.5 Å². The fraction of sp³-hybridized carbons (Fsp3) is 0.133. The number of fused-ring (bicyclic) bond motifs is 1. The lowest BCUT2D eigenvalue weighted by atomic mass is 10.2. The molecule has 0 aliphatic rings. The first-order valence-corrected chi connectivity index (χ1v) is 7.23. The maximum absolute atomic E-state index is 11.6. The Bertz CT molecular complexity index is 820. The zero-order chi connectivity index (χ0) is 15.0. The molecular formula is C15H14BrN3O2. The number of para-hydroxylation sites is 1. The molecule has 0 aliphatic heterocycles. The number of nitrogens with two attached hydrogens (primary N) is 1. The van der Waals surface area contributed by atoms with Gasteiger partial charge in [0.1, 0.15) is 11.5 Å². The molecule has 6 heteroatoms. The van der Waals surface area contributed by atoms with E-state index in [2.05, 4.69) is 32.0 Å². The van der Waals surface area contributed by atoms with Crippen LogP contribution in [-0.2, 0) is 6.54 Å². The van der Waals surface area contributed by atoms with Crippen molar-refractivity contribution in [3.63, 3.8) is 0 Å². The van der Waals surface area contributed by atoms with Gasteiger partial charge in [-0.3, -0.25) is 10.2 Å². The number of hydrogen-bond donors (Lipinski definition) is 2. The van der Waals surface area contributed by atoms with Crippen molar-refractivity contribution in [2.45, 2.75) is 13.5 Å². The maximum Gasteiger partial charge on any atom is 0.268 e. The highest BCUT2D eigenvalue weighted by molar-refractivity contribution is 9.10. The summed E-state index contributed by atoms with van der Waals surface area (Å²) in [6.07, 6.45) is 2.01. The number of rotatable bonds is 3. The van der Waals surface area contributed by atoms with Crippen LogP contribution in [0.3, 0.4) is 0 Å². The number of nitrogen functional groups attached to an aromatic ring is 1. The molecule has 1 amide bonds. The largest absolute Gasteiger partial charge is 0.464 e. The van der Waals surface area contributed by atoms with E-state index in [0.29, 0.717) is 23.6 Å². The first kappa shape index (κ1) is 13.9. The molecule has 0 spiro atoms. The van der Waals surface area contributed by atoms with Gasteiger partial charge in [0.05, 0.1) is 12.1 Å². The molecule has 3 rings (SSSR count). The molecule has 0 fully saturated rings. The molecule has 2 heterocycles. The lowest BCUT2D eigenvalue weighted by molar-refractivity contribution is 0.0952. The van der Waals surface area contributed by atoms with Crippen molar-refractivity contribution < 1.29 is 9.21 Å². The van der Waals surface area contributed by atoms with Gasteiger partial charge in [-0.05, 0) is 35.0 Å². The highest BCUT2D eigenvalue weighted by Gasteiger charge is 2.15. The summed E-state index contributed by atoms with van der Waals surface area (Å²) in [5.74, 6) is 6.08. The van der Waals surface area contributed by atoms with Gasteiger partial charge in [-0.1, -0.05) is 18.2 Å². The Morgan fingerprint density at radius 1 is 1.43 bits per heavy atom. The molecule has 0 saturated carbocycles. The van der Waals surface area contributed by atoms with E-state index in [1.165, 1.54) is 0 Å². The van der Waals surface area contributed by atoms with Gasteiger partial charge in [-0.25, -0.2) is 5.84 Å². The monoisotopic (exact) mass is 347 g/mol. The summed E-state index contributed by atoms with van der Waals surface area (Å²) in [5.41, 5.74) is 3.68. The topological polar surface area (TPSA) is 73.2 Å². The fourth-order valence-electron chi connectivity index (χ4n) is 2.43. The van der Waals surface area contributed by atoms with Crippen molar-refractivity contribution in [1.29, 1.82) is 0 Å². The van der Waals surface area contributed by atoms with Gasteiger partial charge < -0.3 is 8.98 Å². The molecule has 21 heavy (non-hydrogen) atoms. The first-order valence-electron chi connectivity index (χ1n) is 6.43. The Hall–Kier alpha value is -2.05. The van der Waals surface area contributed by atoms with Crippen molar-refractivity contribution >= 4 is 32.7 Å². The molecule has 0 bridgehead atoms. The summed E-state index contributed by atoms with van der Waals surface area (Å²) in [6, 6.07) is 9.81. The van der Waals surface area contributed by atoms with Crippen molar-refractivity contribution in [1.82, 2.24) is 9.99 Å². The van der Waals surface area contributed by atoms with Crippen LogP contribution in [0.2, 0.25) is 0 Å². The number of halogens is 1. The zero-order valence-corrected chi connectivity index (χ0v) is 13.0. The number of carbonyl (C=O) groups excluding carboxylic acids is 1. The third kappa shape index (κ3) is 2.48. The minimum atomic E-state index is -0.346. The zero-order valence-electron chi connectivity index (χ0n) is 11.4. The summed E-state index contributed by atoms with van der Waals surface area (Å²) in [4.78, 5) is 11.6. The fourth-order valence-corrected chi connectivity index (χ4v) is 3.01. The van der Waals surface area contributed by atoms with E-state index in [1.54, 1.807) is 13.0 Å². The second kappa shape index (κ2) is 5.38. The second-order valence-electron chi connectivity index (χ2n) is 4.78. The molecule has 5 nitrogen and oxygen atoms in total. The Morgan fingerprint density at radius 2 is 2.19 bits per heavy atom. The average Bonchev–Trinajstić information content (AvgIpc) is 3.00. The number of amides is 1. The molecule has 0 saturated heterocycles. The number of furan rings is 1. The van der Waals surface area contributed by atoms with Gasteiger partial charge in [0.25, 0.3) is 5.91 Å². The summed E-state index contributed by atoms with van der Waals surface area (Å²) in [6.45, 7) is 2.29. The van der Waals surface area contributed by atoms with Gasteiger partial charge >= 0.3 is 0 Å². The molecule has 2 aromatic heterocycles. The van der Waals surface area contributed by atoms with E-state index in [1.807, 2.05) is 24.4 Å². The summed E-state index contributed by atoms with van der Waals surface area (Å²) < 4.78 is 8.75. The van der Waals surface area contributed by atoms with Crippen LogP contribution in [0.4, 0.5) is 0 Å². The number of hydrogen-bond acceptors (Lipinski definition) is 3. The van der Waals surface area contributed by atoms with E-state index < -0.39 is 0 Å². The molecule has 0 radical (unpaired) electrons. The van der Waals surface area contributed by atoms with Gasteiger partial charge in [-0.2, -0.15) is 0 Å². The predicted molar refractivity (Wildman–Crippen MR) is 83.8 cm³/mol. The summed E-state index contributed by atoms with van der Waals surface area (Å²) in [7, 11) is 0. The Balaban J connectivity index is 1.98. The van der Waals surface area contributed by atoms with Crippen LogP contribution in [0.15, 0.2) is 45.4 Å². The Kier molecular flexibility index (Phi) is 3.57. The van der Waals surface area contributed by atoms with Crippen molar-refractivity contribution in [2.75, 3.05) is 0 Å². The van der Waals surface area contributed by atoms with Gasteiger partial charge in [-0.15, -0.1) is 0 Å². The van der Waals surface area contributed by atoms with Crippen LogP contribution in [0.25, 0.3) is 10.9 Å². The molecule has 0 unspecified atom stereocenters. The molecule has 3 aromatic rings. The first-order chi connectivity index (χ1) is 10.1. The highest BCUT2D eigenvalue weighted by atomic mass is 79.9. The van der Waals surface area contributed by atoms with Gasteiger partial charge in [0.15, 0.2) is 0 Å². The van der Waals surface area contributed by atoms with Crippen LogP contribution in [0, 0.1) is 6.92 Å². The third-order valence-corrected chi connectivity index (χ3v) is 4.04. The maximum atomic E-state index is 11.6. The molecule has 1 aromatic carbocycles. The number of aryl methyl sites for hydroxylation is 1. The predicted octanol–water partition coefficient (Wildman–Crippen LogP) is 2.96. The van der Waals surface area contributed by atoms with Crippen molar-refractivity contribution in [3.8, 4) is 0 Å². The summed E-state index contributed by atoms with van der Waals surface area (Å²) >= 11 is 3.55. The smallest absolute Gasteiger partial charge is 0.268 e. The van der Waals surface area contributed by atoms with E-state index in [0.717, 1.165) is 15.4 Å². The summed E-state index contributed by atoms with van der Waals surface area (Å²) in [5, 5.41) is 1.14. The normalized spacial score (nSPS) is 11.0. The number of hydrazine groups is 1. The SMILES string of the molecule is Cc1oc(Cn2cc(Br)c3ccccc32)cc1C(=O)NN. The number of nitrogens with zero attached hydrogens (tertiary/aromatic N) is 1. The van der Waals surface area contributed by atoms with Gasteiger partial charge in [0, 0.05) is 21.6 Å². The average molecular weight is 348 g/mol. The molecule has 108 valence electrons. The molecular weight excluding hydrogens is 334 g/mol. The molecule has 0 atom stereocenters. The van der Waals surface area contributed by atoms with Crippen LogP contribution < -0.4 is 11.3 Å². The number of carbonyl (C=O) groups is 1. The third-order valence-electron chi connectivity index (χ3n) is 3.41. The quantitative estimate of drug-likeness (QED) is 0.434. The highest BCUT2D eigenvalue weighted by Crippen LogP contribution is 2.27. The number of nitrogens with one attached hydrogen (secondary N) is 1. The standard InChI is InChI=1S/C15H14BrN3O2/c1-9-12(15(20)18-17)6-10(21-9)7-19-8-13(16)11-4-2-3-5-14(11)19/h2-6,8H,7,17H2,1H3,(H,18,20). The van der Waals surface area contributed by atoms with E-state index in [4.69, 9.17) is 10.3 Å². The molecule has 3 N–H and O–H groups in total. The van der Waals surface area contributed by atoms with Crippen LogP contribution in [0.1, 0.15) is 21.9 Å². The van der Waals surface area contributed by atoms with E-state index in [9.17, 15) is 4.79 Å². The Morgan fingerprint density at radius 3 is 2.95 bits per heavy atom. The van der Waals surface area contributed by atoms with Crippen LogP contribution in [0.5, 0.6) is 0 Å². The van der Waals surface area contributed by atoms with E-state index >= 15 is 0 Å². The minimum absolute atomic E-state index is 0.346. The lowest BCUT2D eigenvalue weighted by Gasteiger charge is -2.02.